The molecular weight excluding hydrogens is 323 g/mol. The fraction of sp³-hybridized carbons (Fsp3) is 0.364. The van der Waals surface area contributed by atoms with Crippen LogP contribution in [0, 0.1) is 11.7 Å². The second-order valence-electron chi connectivity index (χ2n) is 4.65. The van der Waals surface area contributed by atoms with Crippen LogP contribution in [0.25, 0.3) is 0 Å². The number of hydrogen-bond acceptors (Lipinski definition) is 5. The molecule has 7 nitrogen and oxygen atoms in total. The fourth-order valence-electron chi connectivity index (χ4n) is 1.89. The van der Waals surface area contributed by atoms with E-state index in [0.29, 0.717) is 0 Å². The standard InChI is InChI=1S/C11H13FN2O5S2/c12-9-1-3-10(4-2-9)21(18,19)14-13-11(15)8-5-6-20(16,17)7-8/h1-4,8,14H,5-7H2,(H,13,15)/t8-/m1/s1. The van der Waals surface area contributed by atoms with Crippen molar-refractivity contribution in [3.63, 3.8) is 0 Å². The van der Waals surface area contributed by atoms with Gasteiger partial charge in [-0.25, -0.2) is 21.2 Å². The summed E-state index contributed by atoms with van der Waals surface area (Å²) in [5, 5.41) is 0. The maximum atomic E-state index is 12.7. The number of nitrogens with one attached hydrogen (secondary N) is 2. The summed E-state index contributed by atoms with van der Waals surface area (Å²) in [5.41, 5.74) is 1.98. The molecule has 1 amide bonds. The van der Waals surface area contributed by atoms with Crippen LogP contribution in [0.1, 0.15) is 6.42 Å². The molecule has 1 atom stereocenters. The number of carbonyl (C=O) groups excluding carboxylic acids is 1. The minimum atomic E-state index is -4.03. The Morgan fingerprint density at radius 3 is 2.38 bits per heavy atom. The van der Waals surface area contributed by atoms with E-state index in [1.165, 1.54) is 0 Å². The Bertz CT molecular complexity index is 743. The maximum Gasteiger partial charge on any atom is 0.257 e. The molecule has 1 aromatic rings. The van der Waals surface area contributed by atoms with Crippen molar-refractivity contribution in [1.29, 1.82) is 0 Å². The van der Waals surface area contributed by atoms with Crippen molar-refractivity contribution in [3.8, 4) is 0 Å². The van der Waals surface area contributed by atoms with Crippen LogP contribution >= 0.6 is 0 Å². The summed E-state index contributed by atoms with van der Waals surface area (Å²) in [6, 6.07) is 4.04. The number of hydrogen-bond donors (Lipinski definition) is 2. The van der Waals surface area contributed by atoms with Crippen molar-refractivity contribution < 1.29 is 26.0 Å². The number of sulfone groups is 1. The van der Waals surface area contributed by atoms with Gasteiger partial charge in [-0.2, -0.15) is 0 Å². The molecule has 2 rings (SSSR count). The van der Waals surface area contributed by atoms with Crippen molar-refractivity contribution in [1.82, 2.24) is 10.3 Å². The van der Waals surface area contributed by atoms with Gasteiger partial charge in [0.05, 0.1) is 22.3 Å². The zero-order chi connectivity index (χ0) is 15.7. The number of rotatable bonds is 4. The molecule has 0 saturated carbocycles. The van der Waals surface area contributed by atoms with Crippen LogP contribution in [0.3, 0.4) is 0 Å². The van der Waals surface area contributed by atoms with Crippen LogP contribution in [-0.4, -0.2) is 34.2 Å². The number of carbonyl (C=O) groups is 1. The lowest BCUT2D eigenvalue weighted by molar-refractivity contribution is -0.124. The van der Waals surface area contributed by atoms with E-state index in [0.717, 1.165) is 24.3 Å². The van der Waals surface area contributed by atoms with E-state index in [2.05, 4.69) is 0 Å². The summed E-state index contributed by atoms with van der Waals surface area (Å²) in [4.78, 5) is 13.3. The van der Waals surface area contributed by atoms with E-state index in [1.807, 2.05) is 10.3 Å². The van der Waals surface area contributed by atoms with E-state index in [-0.39, 0.29) is 22.8 Å². The van der Waals surface area contributed by atoms with Gasteiger partial charge < -0.3 is 0 Å². The molecule has 1 aliphatic rings. The second kappa shape index (κ2) is 5.70. The second-order valence-corrected chi connectivity index (χ2v) is 8.56. The van der Waals surface area contributed by atoms with Gasteiger partial charge in [0, 0.05) is 0 Å². The summed E-state index contributed by atoms with van der Waals surface area (Å²) in [6.45, 7) is 0. The minimum Gasteiger partial charge on any atom is -0.277 e. The molecule has 2 N–H and O–H groups in total. The first-order valence-corrected chi connectivity index (χ1v) is 9.28. The molecule has 1 aliphatic heterocycles. The van der Waals surface area contributed by atoms with Crippen LogP contribution in [0.15, 0.2) is 29.2 Å². The van der Waals surface area contributed by atoms with Crippen molar-refractivity contribution in [2.24, 2.45) is 5.92 Å². The third-order valence-electron chi connectivity index (χ3n) is 3.04. The number of amides is 1. The Labute approximate surface area is 121 Å². The normalized spacial score (nSPS) is 21.1. The number of sulfonamides is 1. The Hall–Kier alpha value is -1.52. The van der Waals surface area contributed by atoms with Gasteiger partial charge >= 0.3 is 0 Å². The predicted molar refractivity (Wildman–Crippen MR) is 71.6 cm³/mol. The Kier molecular flexibility index (Phi) is 4.30. The minimum absolute atomic E-state index is 0.0875. The number of halogens is 1. The molecule has 0 aromatic heterocycles. The summed E-state index contributed by atoms with van der Waals surface area (Å²) >= 11 is 0. The maximum absolute atomic E-state index is 12.7. The highest BCUT2D eigenvalue weighted by Crippen LogP contribution is 2.18. The zero-order valence-corrected chi connectivity index (χ0v) is 12.4. The molecule has 0 unspecified atom stereocenters. The molecule has 10 heteroatoms. The molecule has 1 aromatic carbocycles. The SMILES string of the molecule is O=C(NNS(=O)(=O)c1ccc(F)cc1)[C@@H]1CCS(=O)(=O)C1. The highest BCUT2D eigenvalue weighted by atomic mass is 32.2. The summed E-state index contributed by atoms with van der Waals surface area (Å²) in [7, 11) is -7.26. The largest absolute Gasteiger partial charge is 0.277 e. The van der Waals surface area contributed by atoms with Crippen molar-refractivity contribution in [3.05, 3.63) is 30.1 Å². The van der Waals surface area contributed by atoms with E-state index in [9.17, 15) is 26.0 Å². The van der Waals surface area contributed by atoms with Gasteiger partial charge in [-0.15, -0.1) is 4.83 Å². The van der Waals surface area contributed by atoms with E-state index >= 15 is 0 Å². The van der Waals surface area contributed by atoms with Gasteiger partial charge in [0.25, 0.3) is 10.0 Å². The highest BCUT2D eigenvalue weighted by Gasteiger charge is 2.33. The third kappa shape index (κ3) is 3.99. The lowest BCUT2D eigenvalue weighted by atomic mass is 10.1. The Morgan fingerprint density at radius 2 is 1.86 bits per heavy atom. The summed E-state index contributed by atoms with van der Waals surface area (Å²) in [6.07, 6.45) is 0.159. The smallest absolute Gasteiger partial charge is 0.257 e. The molecule has 0 bridgehead atoms. The number of hydrazine groups is 1. The fourth-order valence-corrected chi connectivity index (χ4v) is 4.48. The topological polar surface area (TPSA) is 109 Å². The van der Waals surface area contributed by atoms with Gasteiger partial charge in [-0.1, -0.05) is 0 Å². The lowest BCUT2D eigenvalue weighted by Gasteiger charge is -2.11. The quantitative estimate of drug-likeness (QED) is 0.725. The van der Waals surface area contributed by atoms with E-state index in [1.54, 1.807) is 0 Å². The Morgan fingerprint density at radius 1 is 1.24 bits per heavy atom. The molecule has 0 aliphatic carbocycles. The molecule has 1 fully saturated rings. The Balaban J connectivity index is 1.99. The average molecular weight is 336 g/mol. The molecule has 0 spiro atoms. The monoisotopic (exact) mass is 336 g/mol. The summed E-state index contributed by atoms with van der Waals surface area (Å²) < 4.78 is 58.9. The first-order valence-electron chi connectivity index (χ1n) is 5.97. The van der Waals surface area contributed by atoms with Gasteiger partial charge in [0.15, 0.2) is 9.84 Å². The van der Waals surface area contributed by atoms with E-state index in [4.69, 9.17) is 0 Å². The van der Waals surface area contributed by atoms with Gasteiger partial charge in [0.2, 0.25) is 5.91 Å². The molecule has 1 saturated heterocycles. The first-order chi connectivity index (χ1) is 9.70. The van der Waals surface area contributed by atoms with Crippen LogP contribution in [0.4, 0.5) is 4.39 Å². The average Bonchev–Trinajstić information content (AvgIpc) is 2.77. The van der Waals surface area contributed by atoms with Crippen LogP contribution in [0.2, 0.25) is 0 Å². The summed E-state index contributed by atoms with van der Waals surface area (Å²) in [5.74, 6) is -2.45. The van der Waals surface area contributed by atoms with Gasteiger partial charge in [-0.05, 0) is 30.7 Å². The van der Waals surface area contributed by atoms with Crippen molar-refractivity contribution in [2.45, 2.75) is 11.3 Å². The van der Waals surface area contributed by atoms with Crippen LogP contribution in [0.5, 0.6) is 0 Å². The first kappa shape index (κ1) is 15.9. The molecule has 21 heavy (non-hydrogen) atoms. The van der Waals surface area contributed by atoms with Crippen molar-refractivity contribution >= 4 is 25.8 Å². The van der Waals surface area contributed by atoms with Gasteiger partial charge in [-0.3, -0.25) is 10.2 Å². The van der Waals surface area contributed by atoms with E-state index < -0.39 is 37.5 Å². The lowest BCUT2D eigenvalue weighted by Crippen LogP contribution is -2.44. The van der Waals surface area contributed by atoms with Crippen molar-refractivity contribution in [2.75, 3.05) is 11.5 Å². The molecule has 0 radical (unpaired) electrons. The van der Waals surface area contributed by atoms with Gasteiger partial charge in [0.1, 0.15) is 5.82 Å². The zero-order valence-electron chi connectivity index (χ0n) is 10.7. The third-order valence-corrected chi connectivity index (χ3v) is 6.07. The molecule has 116 valence electrons. The number of benzene rings is 1. The van der Waals surface area contributed by atoms with Crippen LogP contribution in [-0.2, 0) is 24.7 Å². The van der Waals surface area contributed by atoms with Crippen LogP contribution < -0.4 is 10.3 Å². The molecule has 1 heterocycles. The molecular formula is C11H13FN2O5S2. The predicted octanol–water partition coefficient (Wildman–Crippen LogP) is -0.430. The highest BCUT2D eigenvalue weighted by molar-refractivity contribution is 7.91.